The summed E-state index contributed by atoms with van der Waals surface area (Å²) in [5, 5.41) is 4.40. The van der Waals surface area contributed by atoms with Gasteiger partial charge in [-0.1, -0.05) is 12.1 Å². The Morgan fingerprint density at radius 1 is 1.09 bits per heavy atom. The number of benzene rings is 1. The van der Waals surface area contributed by atoms with E-state index >= 15 is 0 Å². The van der Waals surface area contributed by atoms with Crippen LogP contribution in [0, 0.1) is 0 Å². The van der Waals surface area contributed by atoms with Crippen molar-refractivity contribution in [3.63, 3.8) is 0 Å². The number of nitrogen functional groups attached to an aromatic ring is 1. The van der Waals surface area contributed by atoms with E-state index in [1.807, 2.05) is 62.8 Å². The third kappa shape index (κ3) is 2.76. The van der Waals surface area contributed by atoms with Gasteiger partial charge in [0.1, 0.15) is 0 Å². The van der Waals surface area contributed by atoms with E-state index in [0.29, 0.717) is 6.54 Å². The highest BCUT2D eigenvalue weighted by molar-refractivity contribution is 6.61. The minimum atomic E-state index is -0.370. The molecule has 3 rings (SSSR count). The summed E-state index contributed by atoms with van der Waals surface area (Å²) in [6.07, 6.45) is 3.78. The van der Waals surface area contributed by atoms with Crippen LogP contribution in [0.2, 0.25) is 0 Å². The number of hydrogen-bond donors (Lipinski definition) is 1. The van der Waals surface area contributed by atoms with E-state index in [0.717, 1.165) is 16.7 Å². The summed E-state index contributed by atoms with van der Waals surface area (Å²) in [5.41, 5.74) is 7.88. The molecule has 0 amide bonds. The van der Waals surface area contributed by atoms with Gasteiger partial charge in [0, 0.05) is 23.5 Å². The largest absolute Gasteiger partial charge is 0.498 e. The zero-order valence-corrected chi connectivity index (χ0v) is 13.5. The maximum absolute atomic E-state index is 6.04. The first-order valence-electron chi connectivity index (χ1n) is 7.49. The van der Waals surface area contributed by atoms with Crippen LogP contribution in [0.1, 0.15) is 33.3 Å². The van der Waals surface area contributed by atoms with Gasteiger partial charge in [-0.05, 0) is 45.4 Å². The lowest BCUT2D eigenvalue weighted by atomic mass is 9.82. The fraction of sp³-hybridized carbons (Fsp3) is 0.438. The van der Waals surface area contributed by atoms with E-state index in [-0.39, 0.29) is 18.3 Å². The van der Waals surface area contributed by atoms with E-state index in [1.54, 1.807) is 6.20 Å². The van der Waals surface area contributed by atoms with Crippen LogP contribution >= 0.6 is 0 Å². The van der Waals surface area contributed by atoms with E-state index < -0.39 is 0 Å². The smallest absolute Gasteiger partial charge is 0.399 e. The molecule has 1 saturated heterocycles. The molecule has 0 unspecified atom stereocenters. The second kappa shape index (κ2) is 5.14. The lowest BCUT2D eigenvalue weighted by molar-refractivity contribution is 0.00578. The van der Waals surface area contributed by atoms with Gasteiger partial charge < -0.3 is 15.0 Å². The van der Waals surface area contributed by atoms with Crippen molar-refractivity contribution in [1.29, 1.82) is 0 Å². The Morgan fingerprint density at radius 3 is 2.27 bits per heavy atom. The second-order valence-electron chi connectivity index (χ2n) is 6.80. The molecule has 22 heavy (non-hydrogen) atoms. The molecule has 1 aliphatic heterocycles. The van der Waals surface area contributed by atoms with Gasteiger partial charge in [-0.25, -0.2) is 0 Å². The molecule has 2 N–H and O–H groups in total. The van der Waals surface area contributed by atoms with Crippen molar-refractivity contribution in [2.24, 2.45) is 0 Å². The topological polar surface area (TPSA) is 62.3 Å². The molecule has 0 atom stereocenters. The molecule has 0 aliphatic carbocycles. The van der Waals surface area contributed by atoms with E-state index in [2.05, 4.69) is 5.10 Å². The molecule has 2 aromatic rings. The molecule has 1 fully saturated rings. The Hall–Kier alpha value is -1.79. The van der Waals surface area contributed by atoms with E-state index in [1.165, 1.54) is 0 Å². The average molecular weight is 299 g/mol. The molecular formula is C16H22BN3O2. The van der Waals surface area contributed by atoms with Gasteiger partial charge in [0.15, 0.2) is 0 Å². The lowest BCUT2D eigenvalue weighted by Gasteiger charge is -2.32. The predicted molar refractivity (Wildman–Crippen MR) is 87.9 cm³/mol. The van der Waals surface area contributed by atoms with E-state index in [9.17, 15) is 0 Å². The van der Waals surface area contributed by atoms with Crippen molar-refractivity contribution < 1.29 is 9.31 Å². The third-order valence-electron chi connectivity index (χ3n) is 4.50. The maximum Gasteiger partial charge on any atom is 0.498 e. The van der Waals surface area contributed by atoms with Gasteiger partial charge in [-0.2, -0.15) is 5.10 Å². The Labute approximate surface area is 131 Å². The molecular weight excluding hydrogens is 277 g/mol. The molecule has 0 radical (unpaired) electrons. The number of rotatable bonds is 3. The molecule has 1 aliphatic rings. The Balaban J connectivity index is 1.73. The Bertz CT molecular complexity index is 648. The molecule has 6 heteroatoms. The van der Waals surface area contributed by atoms with Gasteiger partial charge in [-0.3, -0.25) is 4.68 Å². The average Bonchev–Trinajstić information content (AvgIpc) is 2.96. The van der Waals surface area contributed by atoms with Crippen LogP contribution in [0.3, 0.4) is 0 Å². The summed E-state index contributed by atoms with van der Waals surface area (Å²) in [5.74, 6) is 0. The second-order valence-corrected chi connectivity index (χ2v) is 6.80. The number of nitrogens with zero attached hydrogens (tertiary/aromatic N) is 2. The summed E-state index contributed by atoms with van der Waals surface area (Å²) < 4.78 is 14.0. The molecule has 116 valence electrons. The minimum absolute atomic E-state index is 0.337. The Kier molecular flexibility index (Phi) is 3.53. The van der Waals surface area contributed by atoms with Crippen LogP contribution in [-0.2, 0) is 15.9 Å². The standard InChI is InChI=1S/C16H22BN3O2/c1-15(2)16(3,4)22-17(21-15)13-9-19-20(11-13)10-12-5-7-14(18)8-6-12/h5-9,11H,10,18H2,1-4H3. The van der Waals surface area contributed by atoms with Crippen molar-refractivity contribution in [3.8, 4) is 0 Å². The highest BCUT2D eigenvalue weighted by Gasteiger charge is 2.52. The van der Waals surface area contributed by atoms with Gasteiger partial charge >= 0.3 is 7.12 Å². The van der Waals surface area contributed by atoms with Crippen molar-refractivity contribution in [3.05, 3.63) is 42.2 Å². The van der Waals surface area contributed by atoms with Gasteiger partial charge in [0.25, 0.3) is 0 Å². The highest BCUT2D eigenvalue weighted by Crippen LogP contribution is 2.36. The maximum atomic E-state index is 6.04. The lowest BCUT2D eigenvalue weighted by Crippen LogP contribution is -2.41. The first-order chi connectivity index (χ1) is 10.3. The van der Waals surface area contributed by atoms with Crippen LogP contribution in [0.15, 0.2) is 36.7 Å². The molecule has 5 nitrogen and oxygen atoms in total. The Morgan fingerprint density at radius 2 is 1.68 bits per heavy atom. The summed E-state index contributed by atoms with van der Waals surface area (Å²) >= 11 is 0. The summed E-state index contributed by atoms with van der Waals surface area (Å²) in [6.45, 7) is 8.88. The van der Waals surface area contributed by atoms with Crippen LogP contribution in [0.25, 0.3) is 0 Å². The van der Waals surface area contributed by atoms with Gasteiger partial charge in [0.2, 0.25) is 0 Å². The molecule has 0 bridgehead atoms. The van der Waals surface area contributed by atoms with Crippen LogP contribution in [0.4, 0.5) is 5.69 Å². The first-order valence-corrected chi connectivity index (χ1v) is 7.49. The normalized spacial score (nSPS) is 19.5. The van der Waals surface area contributed by atoms with Crippen LogP contribution in [0.5, 0.6) is 0 Å². The quantitative estimate of drug-likeness (QED) is 0.693. The number of hydrogen-bond acceptors (Lipinski definition) is 4. The van der Waals surface area contributed by atoms with Crippen molar-refractivity contribution in [2.45, 2.75) is 45.4 Å². The van der Waals surface area contributed by atoms with Crippen molar-refractivity contribution in [1.82, 2.24) is 9.78 Å². The zero-order chi connectivity index (χ0) is 16.0. The van der Waals surface area contributed by atoms with Crippen LogP contribution in [-0.4, -0.2) is 28.1 Å². The van der Waals surface area contributed by atoms with Gasteiger partial charge in [-0.15, -0.1) is 0 Å². The number of anilines is 1. The van der Waals surface area contributed by atoms with Gasteiger partial charge in [0.05, 0.1) is 17.7 Å². The fourth-order valence-corrected chi connectivity index (χ4v) is 2.38. The molecule has 1 aromatic carbocycles. The number of aromatic nitrogens is 2. The minimum Gasteiger partial charge on any atom is -0.399 e. The van der Waals surface area contributed by atoms with E-state index in [4.69, 9.17) is 15.0 Å². The summed E-state index contributed by atoms with van der Waals surface area (Å²) in [6, 6.07) is 7.80. The molecule has 0 saturated carbocycles. The molecule has 0 spiro atoms. The predicted octanol–water partition coefficient (Wildman–Crippen LogP) is 1.81. The third-order valence-corrected chi connectivity index (χ3v) is 4.50. The van der Waals surface area contributed by atoms with Crippen LogP contribution < -0.4 is 11.2 Å². The number of nitrogens with two attached hydrogens (primary N) is 1. The fourth-order valence-electron chi connectivity index (χ4n) is 2.38. The van der Waals surface area contributed by atoms with Crippen molar-refractivity contribution >= 4 is 18.3 Å². The molecule has 2 heterocycles. The SMILES string of the molecule is CC1(C)OB(c2cnn(Cc3ccc(N)cc3)c2)OC1(C)C. The molecule has 1 aromatic heterocycles. The zero-order valence-electron chi connectivity index (χ0n) is 13.5. The highest BCUT2D eigenvalue weighted by atomic mass is 16.7. The summed E-state index contributed by atoms with van der Waals surface area (Å²) in [7, 11) is -0.370. The monoisotopic (exact) mass is 299 g/mol. The summed E-state index contributed by atoms with van der Waals surface area (Å²) in [4.78, 5) is 0. The first kappa shape index (κ1) is 15.1. The van der Waals surface area contributed by atoms with Crippen molar-refractivity contribution in [2.75, 3.05) is 5.73 Å².